The minimum atomic E-state index is 0.277. The van der Waals surface area contributed by atoms with Gasteiger partial charge in [-0.25, -0.2) is 10.0 Å². The van der Waals surface area contributed by atoms with Crippen LogP contribution in [0.4, 0.5) is 0 Å². The van der Waals surface area contributed by atoms with Crippen LogP contribution in [-0.2, 0) is 0 Å². The molecular weight excluding hydrogens is 236 g/mol. The van der Waals surface area contributed by atoms with E-state index in [9.17, 15) is 0 Å². The quantitative estimate of drug-likeness (QED) is 0.767. The van der Waals surface area contributed by atoms with Gasteiger partial charge in [0, 0.05) is 45.8 Å². The highest BCUT2D eigenvalue weighted by Gasteiger charge is 2.53. The van der Waals surface area contributed by atoms with Crippen LogP contribution in [-0.4, -0.2) is 71.4 Å². The normalized spacial score (nSPS) is 34.1. The Hall–Kier alpha value is -0.160. The van der Waals surface area contributed by atoms with E-state index in [-0.39, 0.29) is 5.79 Å². The Bertz CT molecular complexity index is 304. The number of hydrogen-bond donors (Lipinski definition) is 0. The van der Waals surface area contributed by atoms with Gasteiger partial charge in [-0.15, -0.1) is 0 Å². The number of rotatable bonds is 3. The first-order valence-corrected chi connectivity index (χ1v) is 8.44. The summed E-state index contributed by atoms with van der Waals surface area (Å²) >= 11 is 0. The van der Waals surface area contributed by atoms with Crippen LogP contribution in [0, 0.1) is 0 Å². The molecule has 4 heterocycles. The minimum Gasteiger partial charge on any atom is -0.272 e. The molecule has 0 aromatic heterocycles. The number of piperidine rings is 1. The summed E-state index contributed by atoms with van der Waals surface area (Å²) in [4.78, 5) is 5.56. The fraction of sp³-hybridized carbons (Fsp3) is 1.00. The van der Waals surface area contributed by atoms with Crippen LogP contribution < -0.4 is 0 Å². The summed E-state index contributed by atoms with van der Waals surface area (Å²) in [6, 6.07) is 0. The van der Waals surface area contributed by atoms with Gasteiger partial charge in [0.25, 0.3) is 0 Å². The zero-order valence-electron chi connectivity index (χ0n) is 12.2. The van der Waals surface area contributed by atoms with Crippen molar-refractivity contribution in [2.75, 3.05) is 45.8 Å². The highest BCUT2D eigenvalue weighted by atomic mass is 15.8. The zero-order chi connectivity index (χ0) is 12.7. The van der Waals surface area contributed by atoms with E-state index in [2.05, 4.69) is 19.8 Å². The summed E-state index contributed by atoms with van der Waals surface area (Å²) in [6.07, 6.45) is 9.77. The lowest BCUT2D eigenvalue weighted by atomic mass is 9.95. The van der Waals surface area contributed by atoms with Crippen LogP contribution in [0.25, 0.3) is 0 Å². The molecule has 0 atom stereocenters. The summed E-state index contributed by atoms with van der Waals surface area (Å²) in [7, 11) is 0. The van der Waals surface area contributed by atoms with Gasteiger partial charge in [-0.1, -0.05) is 0 Å². The van der Waals surface area contributed by atoms with Crippen molar-refractivity contribution in [2.45, 2.75) is 50.7 Å². The van der Waals surface area contributed by atoms with E-state index in [1.54, 1.807) is 0 Å². The zero-order valence-corrected chi connectivity index (χ0v) is 12.2. The maximum absolute atomic E-state index is 2.79. The van der Waals surface area contributed by atoms with Crippen LogP contribution in [0.3, 0.4) is 0 Å². The summed E-state index contributed by atoms with van der Waals surface area (Å²) < 4.78 is 0. The van der Waals surface area contributed by atoms with Gasteiger partial charge in [0.2, 0.25) is 0 Å². The average Bonchev–Trinajstić information content (AvgIpc) is 2.77. The largest absolute Gasteiger partial charge is 0.272 e. The second-order valence-corrected chi connectivity index (χ2v) is 6.70. The van der Waals surface area contributed by atoms with Crippen LogP contribution in [0.1, 0.15) is 44.9 Å². The Labute approximate surface area is 117 Å². The topological polar surface area (TPSA) is 13.0 Å². The minimum absolute atomic E-state index is 0.277. The Balaban J connectivity index is 1.63. The summed E-state index contributed by atoms with van der Waals surface area (Å²) in [5.41, 5.74) is 0. The number of hydrazine groups is 1. The van der Waals surface area contributed by atoms with Gasteiger partial charge in [0.05, 0.1) is 0 Å². The number of likely N-dealkylation sites (tertiary alicyclic amines) is 2. The molecule has 0 aromatic rings. The molecular formula is C15H28N4. The van der Waals surface area contributed by atoms with Gasteiger partial charge in [-0.3, -0.25) is 9.80 Å². The van der Waals surface area contributed by atoms with E-state index in [0.29, 0.717) is 0 Å². The smallest absolute Gasteiger partial charge is 0.143 e. The number of nitrogens with zero attached hydrogens (tertiary/aromatic N) is 4. The molecule has 0 bridgehead atoms. The predicted octanol–water partition coefficient (Wildman–Crippen LogP) is 1.55. The fourth-order valence-electron chi connectivity index (χ4n) is 4.43. The second-order valence-electron chi connectivity index (χ2n) is 6.70. The average molecular weight is 264 g/mol. The molecule has 108 valence electrons. The highest BCUT2D eigenvalue weighted by molar-refractivity contribution is 4.98. The molecule has 0 N–H and O–H groups in total. The maximum atomic E-state index is 2.79. The van der Waals surface area contributed by atoms with E-state index in [0.717, 1.165) is 0 Å². The van der Waals surface area contributed by atoms with Gasteiger partial charge >= 0.3 is 0 Å². The van der Waals surface area contributed by atoms with Crippen molar-refractivity contribution in [1.82, 2.24) is 19.8 Å². The van der Waals surface area contributed by atoms with Gasteiger partial charge in [-0.2, -0.15) is 0 Å². The first-order chi connectivity index (χ1) is 9.41. The van der Waals surface area contributed by atoms with E-state index >= 15 is 0 Å². The number of hydrogen-bond acceptors (Lipinski definition) is 4. The standard InChI is InChI=1S/C15H28N4/c1-2-14-19(18-12-3-4-13-18)15(7-1,16-8-5-9-16)17-10-6-11-17/h1-14H2. The molecule has 0 aromatic carbocycles. The van der Waals surface area contributed by atoms with Crippen LogP contribution in [0.15, 0.2) is 0 Å². The first kappa shape index (κ1) is 12.6. The Morgan fingerprint density at radius 2 is 1.11 bits per heavy atom. The molecule has 4 fully saturated rings. The molecule has 19 heavy (non-hydrogen) atoms. The Kier molecular flexibility index (Phi) is 3.30. The van der Waals surface area contributed by atoms with Crippen molar-refractivity contribution >= 4 is 0 Å². The molecule has 0 aliphatic carbocycles. The molecule has 4 rings (SSSR count). The summed E-state index contributed by atoms with van der Waals surface area (Å²) in [5.74, 6) is 0.277. The monoisotopic (exact) mass is 264 g/mol. The molecule has 0 unspecified atom stereocenters. The Morgan fingerprint density at radius 1 is 0.526 bits per heavy atom. The van der Waals surface area contributed by atoms with E-state index < -0.39 is 0 Å². The fourth-order valence-corrected chi connectivity index (χ4v) is 4.43. The summed E-state index contributed by atoms with van der Waals surface area (Å²) in [6.45, 7) is 9.16. The molecule has 0 spiro atoms. The predicted molar refractivity (Wildman–Crippen MR) is 76.5 cm³/mol. The first-order valence-electron chi connectivity index (χ1n) is 8.44. The molecule has 4 saturated heterocycles. The Morgan fingerprint density at radius 3 is 1.63 bits per heavy atom. The molecule has 4 aliphatic heterocycles. The third kappa shape index (κ3) is 1.88. The molecule has 4 nitrogen and oxygen atoms in total. The molecule has 0 saturated carbocycles. The third-order valence-electron chi connectivity index (χ3n) is 5.69. The molecule has 0 amide bonds. The van der Waals surface area contributed by atoms with Gasteiger partial charge in [0.15, 0.2) is 0 Å². The molecule has 4 aliphatic rings. The summed E-state index contributed by atoms with van der Waals surface area (Å²) in [5, 5.41) is 5.48. The van der Waals surface area contributed by atoms with E-state index in [4.69, 9.17) is 0 Å². The second kappa shape index (κ2) is 4.99. The van der Waals surface area contributed by atoms with E-state index in [1.807, 2.05) is 0 Å². The lowest BCUT2D eigenvalue weighted by molar-refractivity contribution is -0.285. The highest BCUT2D eigenvalue weighted by Crippen LogP contribution is 2.41. The van der Waals surface area contributed by atoms with E-state index in [1.165, 1.54) is 90.8 Å². The van der Waals surface area contributed by atoms with Gasteiger partial charge in [-0.05, 0) is 44.9 Å². The van der Waals surface area contributed by atoms with Crippen LogP contribution in [0.5, 0.6) is 0 Å². The third-order valence-corrected chi connectivity index (χ3v) is 5.69. The van der Waals surface area contributed by atoms with Crippen molar-refractivity contribution in [3.05, 3.63) is 0 Å². The lowest BCUT2D eigenvalue weighted by Gasteiger charge is -2.64. The van der Waals surface area contributed by atoms with Crippen LogP contribution in [0.2, 0.25) is 0 Å². The van der Waals surface area contributed by atoms with Crippen molar-refractivity contribution < 1.29 is 0 Å². The molecule has 0 radical (unpaired) electrons. The van der Waals surface area contributed by atoms with Crippen molar-refractivity contribution in [1.29, 1.82) is 0 Å². The van der Waals surface area contributed by atoms with Crippen molar-refractivity contribution in [3.8, 4) is 0 Å². The lowest BCUT2D eigenvalue weighted by Crippen LogP contribution is -2.78. The van der Waals surface area contributed by atoms with Gasteiger partial charge < -0.3 is 0 Å². The van der Waals surface area contributed by atoms with Crippen molar-refractivity contribution in [2.24, 2.45) is 0 Å². The maximum Gasteiger partial charge on any atom is 0.143 e. The van der Waals surface area contributed by atoms with Crippen molar-refractivity contribution in [3.63, 3.8) is 0 Å². The van der Waals surface area contributed by atoms with Crippen LogP contribution >= 0.6 is 0 Å². The van der Waals surface area contributed by atoms with Gasteiger partial charge in [0.1, 0.15) is 5.79 Å². The molecule has 4 heteroatoms. The SMILES string of the molecule is C1CCN(N2CCCCC2(N2CCC2)N2CCC2)C1.